The van der Waals surface area contributed by atoms with Gasteiger partial charge in [-0.1, -0.05) is 0 Å². The summed E-state index contributed by atoms with van der Waals surface area (Å²) < 4.78 is 1.10. The van der Waals surface area contributed by atoms with Crippen molar-refractivity contribution in [1.29, 1.82) is 0 Å². The summed E-state index contributed by atoms with van der Waals surface area (Å²) in [6, 6.07) is 3.96. The van der Waals surface area contributed by atoms with Crippen molar-refractivity contribution in [2.45, 2.75) is 6.54 Å². The van der Waals surface area contributed by atoms with E-state index in [-0.39, 0.29) is 0 Å². The second-order valence-corrected chi connectivity index (χ2v) is 4.57. The minimum atomic E-state index is 0.594. The zero-order valence-corrected chi connectivity index (χ0v) is 7.94. The van der Waals surface area contributed by atoms with Gasteiger partial charge in [0.1, 0.15) is 0 Å². The Morgan fingerprint density at radius 1 is 1.70 bits per heavy atom. The highest BCUT2D eigenvalue weighted by Crippen LogP contribution is 2.22. The number of halogens is 1. The maximum absolute atomic E-state index is 8.84. The van der Waals surface area contributed by atoms with Crippen LogP contribution < -0.4 is 0 Å². The van der Waals surface area contributed by atoms with Crippen molar-refractivity contribution in [3.63, 3.8) is 0 Å². The van der Waals surface area contributed by atoms with Crippen LogP contribution in [0.5, 0.6) is 0 Å². The van der Waals surface area contributed by atoms with E-state index in [1.54, 1.807) is 18.4 Å². The molecule has 56 valence electrons. The van der Waals surface area contributed by atoms with Gasteiger partial charge < -0.3 is 5.21 Å². The Labute approximate surface area is 72.2 Å². The molecule has 2 nitrogen and oxygen atoms in total. The first-order valence-electron chi connectivity index (χ1n) is 2.82. The van der Waals surface area contributed by atoms with Crippen LogP contribution in [0.3, 0.4) is 0 Å². The summed E-state index contributed by atoms with van der Waals surface area (Å²) in [6.07, 6.45) is 0. The Balaban J connectivity index is 2.58. The lowest BCUT2D eigenvalue weighted by atomic mass is 10.5. The van der Waals surface area contributed by atoms with Crippen LogP contribution in [-0.2, 0) is 6.54 Å². The summed E-state index contributed by atoms with van der Waals surface area (Å²) >= 11 is 4.97. The molecule has 1 aromatic heterocycles. The van der Waals surface area contributed by atoms with Gasteiger partial charge in [-0.05, 0) is 28.1 Å². The molecule has 10 heavy (non-hydrogen) atoms. The van der Waals surface area contributed by atoms with E-state index in [0.29, 0.717) is 6.54 Å². The van der Waals surface area contributed by atoms with Gasteiger partial charge in [-0.2, -0.15) is 5.06 Å². The summed E-state index contributed by atoms with van der Waals surface area (Å²) in [6.45, 7) is 0.594. The van der Waals surface area contributed by atoms with Crippen molar-refractivity contribution in [1.82, 2.24) is 5.06 Å². The summed E-state index contributed by atoms with van der Waals surface area (Å²) in [4.78, 5) is 1.15. The highest BCUT2D eigenvalue weighted by Gasteiger charge is 1.98. The maximum Gasteiger partial charge on any atom is 0.0701 e. The zero-order chi connectivity index (χ0) is 7.56. The summed E-state index contributed by atoms with van der Waals surface area (Å²) in [5.41, 5.74) is 0. The Bertz CT molecular complexity index is 211. The van der Waals surface area contributed by atoms with Gasteiger partial charge >= 0.3 is 0 Å². The first-order chi connectivity index (χ1) is 4.68. The molecular weight excluding hydrogens is 214 g/mol. The normalized spacial score (nSPS) is 10.8. The van der Waals surface area contributed by atoms with Crippen molar-refractivity contribution in [3.05, 3.63) is 20.8 Å². The Kier molecular flexibility index (Phi) is 2.85. The minimum absolute atomic E-state index is 0.594. The van der Waals surface area contributed by atoms with Crippen LogP contribution in [-0.4, -0.2) is 17.3 Å². The molecule has 0 unspecified atom stereocenters. The number of nitrogens with zero attached hydrogens (tertiary/aromatic N) is 1. The minimum Gasteiger partial charge on any atom is -0.314 e. The van der Waals surface area contributed by atoms with E-state index in [4.69, 9.17) is 5.21 Å². The Hall–Kier alpha value is 0.1000. The average molecular weight is 222 g/mol. The monoisotopic (exact) mass is 221 g/mol. The van der Waals surface area contributed by atoms with Crippen molar-refractivity contribution < 1.29 is 5.21 Å². The molecule has 0 bridgehead atoms. The highest BCUT2D eigenvalue weighted by molar-refractivity contribution is 9.11. The lowest BCUT2D eigenvalue weighted by Gasteiger charge is -2.03. The van der Waals surface area contributed by atoms with Crippen LogP contribution in [0.4, 0.5) is 0 Å². The van der Waals surface area contributed by atoms with E-state index in [9.17, 15) is 0 Å². The van der Waals surface area contributed by atoms with E-state index >= 15 is 0 Å². The van der Waals surface area contributed by atoms with Gasteiger partial charge in [-0.25, -0.2) is 0 Å². The first kappa shape index (κ1) is 8.20. The lowest BCUT2D eigenvalue weighted by Crippen LogP contribution is -2.10. The van der Waals surface area contributed by atoms with Crippen LogP contribution in [0, 0.1) is 0 Å². The quantitative estimate of drug-likeness (QED) is 0.776. The van der Waals surface area contributed by atoms with E-state index in [1.807, 2.05) is 12.1 Å². The third kappa shape index (κ3) is 2.38. The van der Waals surface area contributed by atoms with Crippen LogP contribution >= 0.6 is 27.3 Å². The van der Waals surface area contributed by atoms with Gasteiger partial charge in [-0.15, -0.1) is 11.3 Å². The van der Waals surface area contributed by atoms with Crippen LogP contribution in [0.1, 0.15) is 4.88 Å². The van der Waals surface area contributed by atoms with Crippen LogP contribution in [0.2, 0.25) is 0 Å². The Morgan fingerprint density at radius 2 is 2.40 bits per heavy atom. The first-order valence-corrected chi connectivity index (χ1v) is 4.43. The second kappa shape index (κ2) is 3.48. The number of hydrogen-bond donors (Lipinski definition) is 1. The van der Waals surface area contributed by atoms with E-state index in [2.05, 4.69) is 15.9 Å². The van der Waals surface area contributed by atoms with Crippen molar-refractivity contribution in [2.24, 2.45) is 0 Å². The predicted molar refractivity (Wildman–Crippen MR) is 45.3 cm³/mol. The summed E-state index contributed by atoms with van der Waals surface area (Å²) in [5.74, 6) is 0. The maximum atomic E-state index is 8.84. The fraction of sp³-hybridized carbons (Fsp3) is 0.333. The summed E-state index contributed by atoms with van der Waals surface area (Å²) in [7, 11) is 1.63. The SMILES string of the molecule is CN(O)Cc1ccc(Br)s1. The van der Waals surface area contributed by atoms with Gasteiger partial charge in [-0.3, -0.25) is 0 Å². The van der Waals surface area contributed by atoms with E-state index < -0.39 is 0 Å². The molecule has 0 spiro atoms. The van der Waals surface area contributed by atoms with Gasteiger partial charge in [0.25, 0.3) is 0 Å². The number of hydrogen-bond acceptors (Lipinski definition) is 3. The molecule has 0 aliphatic heterocycles. The molecule has 4 heteroatoms. The molecule has 0 aromatic carbocycles. The number of hydroxylamine groups is 2. The number of rotatable bonds is 2. The molecular formula is C6H8BrNOS. The smallest absolute Gasteiger partial charge is 0.0701 e. The topological polar surface area (TPSA) is 23.5 Å². The predicted octanol–water partition coefficient (Wildman–Crippen LogP) is 2.33. The molecule has 0 radical (unpaired) electrons. The molecule has 0 fully saturated rings. The van der Waals surface area contributed by atoms with Crippen molar-refractivity contribution in [2.75, 3.05) is 7.05 Å². The summed E-state index contributed by atoms with van der Waals surface area (Å²) in [5, 5.41) is 10.0. The van der Waals surface area contributed by atoms with Crippen molar-refractivity contribution in [3.8, 4) is 0 Å². The zero-order valence-electron chi connectivity index (χ0n) is 5.54. The molecule has 1 N–H and O–H groups in total. The third-order valence-electron chi connectivity index (χ3n) is 1.01. The molecule has 0 amide bonds. The average Bonchev–Trinajstić information content (AvgIpc) is 2.13. The molecule has 1 rings (SSSR count). The van der Waals surface area contributed by atoms with E-state index in [0.717, 1.165) is 13.7 Å². The van der Waals surface area contributed by atoms with E-state index in [1.165, 1.54) is 0 Å². The highest BCUT2D eigenvalue weighted by atomic mass is 79.9. The lowest BCUT2D eigenvalue weighted by molar-refractivity contribution is -0.0723. The molecule has 0 saturated carbocycles. The fourth-order valence-electron chi connectivity index (χ4n) is 0.662. The molecule has 0 aliphatic carbocycles. The van der Waals surface area contributed by atoms with Gasteiger partial charge in [0.2, 0.25) is 0 Å². The van der Waals surface area contributed by atoms with Gasteiger partial charge in [0.15, 0.2) is 0 Å². The molecule has 0 aliphatic rings. The van der Waals surface area contributed by atoms with Gasteiger partial charge in [0.05, 0.1) is 10.3 Å². The second-order valence-electron chi connectivity index (χ2n) is 2.02. The van der Waals surface area contributed by atoms with Crippen molar-refractivity contribution >= 4 is 27.3 Å². The molecule has 0 atom stereocenters. The Morgan fingerprint density at radius 3 is 2.80 bits per heavy atom. The van der Waals surface area contributed by atoms with Crippen LogP contribution in [0.25, 0.3) is 0 Å². The molecule has 1 heterocycles. The molecule has 0 saturated heterocycles. The van der Waals surface area contributed by atoms with Crippen LogP contribution in [0.15, 0.2) is 15.9 Å². The standard InChI is InChI=1S/C6H8BrNOS/c1-8(9)4-5-2-3-6(7)10-5/h2-3,9H,4H2,1H3. The largest absolute Gasteiger partial charge is 0.314 e. The number of thiophene rings is 1. The van der Waals surface area contributed by atoms with Gasteiger partial charge in [0, 0.05) is 11.9 Å². The molecule has 1 aromatic rings. The third-order valence-corrected chi connectivity index (χ3v) is 2.62. The fourth-order valence-corrected chi connectivity index (χ4v) is 2.19.